The molecule has 2 rings (SSSR count). The largest absolute Gasteiger partial charge is 0.352 e. The Morgan fingerprint density at radius 2 is 2.21 bits per heavy atom. The van der Waals surface area contributed by atoms with Crippen LogP contribution in [0.3, 0.4) is 0 Å². The van der Waals surface area contributed by atoms with Gasteiger partial charge in [0.15, 0.2) is 0 Å². The Morgan fingerprint density at radius 3 is 2.89 bits per heavy atom. The van der Waals surface area contributed by atoms with Crippen LogP contribution >= 0.6 is 0 Å². The number of amides is 1. The van der Waals surface area contributed by atoms with E-state index < -0.39 is 5.82 Å². The lowest BCUT2D eigenvalue weighted by Crippen LogP contribution is -2.25. The van der Waals surface area contributed by atoms with Crippen LogP contribution in [0.5, 0.6) is 0 Å². The van der Waals surface area contributed by atoms with Crippen LogP contribution in [0.25, 0.3) is 0 Å². The van der Waals surface area contributed by atoms with Gasteiger partial charge >= 0.3 is 0 Å². The van der Waals surface area contributed by atoms with Crippen LogP contribution in [0.15, 0.2) is 30.5 Å². The van der Waals surface area contributed by atoms with Gasteiger partial charge < -0.3 is 5.32 Å². The third-order valence-electron chi connectivity index (χ3n) is 2.96. The minimum absolute atomic E-state index is 0.0852. The highest BCUT2D eigenvalue weighted by Crippen LogP contribution is 2.07. The van der Waals surface area contributed by atoms with E-state index in [9.17, 15) is 9.18 Å². The van der Waals surface area contributed by atoms with Gasteiger partial charge in [-0.05, 0) is 37.5 Å². The zero-order valence-corrected chi connectivity index (χ0v) is 10.7. The number of aromatic nitrogens is 2. The number of nitrogens with zero attached hydrogens (tertiary/aromatic N) is 1. The smallest absolute Gasteiger partial charge is 0.254 e. The minimum atomic E-state index is -0.495. The van der Waals surface area contributed by atoms with Gasteiger partial charge in [-0.15, -0.1) is 0 Å². The summed E-state index contributed by atoms with van der Waals surface area (Å²) in [5, 5.41) is 9.51. The Balaban J connectivity index is 1.79. The summed E-state index contributed by atoms with van der Waals surface area (Å²) < 4.78 is 13.4. The van der Waals surface area contributed by atoms with Crippen LogP contribution in [-0.2, 0) is 6.42 Å². The molecule has 4 nitrogen and oxygen atoms in total. The Morgan fingerprint density at radius 1 is 1.42 bits per heavy atom. The van der Waals surface area contributed by atoms with Crippen LogP contribution in [-0.4, -0.2) is 22.6 Å². The van der Waals surface area contributed by atoms with Crippen molar-refractivity contribution < 1.29 is 9.18 Å². The van der Waals surface area contributed by atoms with Gasteiger partial charge in [-0.1, -0.05) is 12.1 Å². The summed E-state index contributed by atoms with van der Waals surface area (Å²) in [6.45, 7) is 2.47. The summed E-state index contributed by atoms with van der Waals surface area (Å²) in [6, 6.07) is 5.97. The maximum absolute atomic E-state index is 13.4. The Kier molecular flexibility index (Phi) is 4.28. The fourth-order valence-electron chi connectivity index (χ4n) is 1.85. The van der Waals surface area contributed by atoms with E-state index in [1.54, 1.807) is 18.3 Å². The normalized spacial score (nSPS) is 10.4. The molecule has 0 spiro atoms. The highest BCUT2D eigenvalue weighted by atomic mass is 19.1. The molecule has 0 unspecified atom stereocenters. The molecule has 0 bridgehead atoms. The first-order valence-electron chi connectivity index (χ1n) is 6.20. The number of carbonyl (C=O) groups is 1. The first kappa shape index (κ1) is 13.3. The zero-order chi connectivity index (χ0) is 13.7. The summed E-state index contributed by atoms with van der Waals surface area (Å²) >= 11 is 0. The van der Waals surface area contributed by atoms with E-state index in [0.717, 1.165) is 24.1 Å². The molecule has 1 heterocycles. The number of hydrogen-bond acceptors (Lipinski definition) is 2. The first-order chi connectivity index (χ1) is 9.18. The number of carbonyl (C=O) groups excluding carboxylic acids is 1. The van der Waals surface area contributed by atoms with Crippen LogP contribution in [0.4, 0.5) is 4.39 Å². The van der Waals surface area contributed by atoms with Gasteiger partial charge in [-0.2, -0.15) is 5.10 Å². The summed E-state index contributed by atoms with van der Waals surface area (Å²) in [5.41, 5.74) is 2.27. The number of hydrogen-bond donors (Lipinski definition) is 2. The minimum Gasteiger partial charge on any atom is -0.352 e. The highest BCUT2D eigenvalue weighted by Gasteiger charge is 2.09. The van der Waals surface area contributed by atoms with Gasteiger partial charge in [0.2, 0.25) is 0 Å². The van der Waals surface area contributed by atoms with Crippen LogP contribution < -0.4 is 5.32 Å². The first-order valence-corrected chi connectivity index (χ1v) is 6.20. The number of rotatable bonds is 5. The zero-order valence-electron chi connectivity index (χ0n) is 10.7. The molecule has 0 saturated carbocycles. The number of benzene rings is 1. The van der Waals surface area contributed by atoms with Crippen LogP contribution in [0.1, 0.15) is 28.0 Å². The molecule has 0 aliphatic carbocycles. The van der Waals surface area contributed by atoms with E-state index >= 15 is 0 Å². The molecule has 1 aromatic heterocycles. The van der Waals surface area contributed by atoms with Gasteiger partial charge in [0, 0.05) is 12.2 Å². The quantitative estimate of drug-likeness (QED) is 0.811. The van der Waals surface area contributed by atoms with Crippen molar-refractivity contribution in [1.82, 2.24) is 15.5 Å². The molecule has 1 aromatic carbocycles. The lowest BCUT2D eigenvalue weighted by atomic mass is 10.1. The SMILES string of the molecule is Cc1[nH]ncc1CCCNC(=O)c1ccccc1F. The van der Waals surface area contributed by atoms with Crippen molar-refractivity contribution in [1.29, 1.82) is 0 Å². The number of nitrogens with one attached hydrogen (secondary N) is 2. The van der Waals surface area contributed by atoms with Gasteiger partial charge in [0.25, 0.3) is 5.91 Å². The molecule has 0 saturated heterocycles. The fraction of sp³-hybridized carbons (Fsp3) is 0.286. The van der Waals surface area contributed by atoms with Crippen molar-refractivity contribution in [2.24, 2.45) is 0 Å². The van der Waals surface area contributed by atoms with Crippen molar-refractivity contribution in [3.05, 3.63) is 53.1 Å². The van der Waals surface area contributed by atoms with E-state index in [2.05, 4.69) is 15.5 Å². The molecule has 2 N–H and O–H groups in total. The number of H-pyrrole nitrogens is 1. The second-order valence-electron chi connectivity index (χ2n) is 4.36. The number of aryl methyl sites for hydroxylation is 2. The molecule has 19 heavy (non-hydrogen) atoms. The van der Waals surface area contributed by atoms with Crippen molar-refractivity contribution in [2.75, 3.05) is 6.54 Å². The topological polar surface area (TPSA) is 57.8 Å². The maximum atomic E-state index is 13.4. The van der Waals surface area contributed by atoms with Gasteiger partial charge in [0.1, 0.15) is 5.82 Å². The van der Waals surface area contributed by atoms with E-state index in [4.69, 9.17) is 0 Å². The molecular weight excluding hydrogens is 245 g/mol. The average molecular weight is 261 g/mol. The summed E-state index contributed by atoms with van der Waals surface area (Å²) in [7, 11) is 0. The molecule has 0 fully saturated rings. The van der Waals surface area contributed by atoms with E-state index in [0.29, 0.717) is 6.54 Å². The summed E-state index contributed by atoms with van der Waals surface area (Å²) in [5.74, 6) is -0.868. The van der Waals surface area contributed by atoms with Crippen LogP contribution in [0, 0.1) is 12.7 Å². The second-order valence-corrected chi connectivity index (χ2v) is 4.36. The number of aromatic amines is 1. The Hall–Kier alpha value is -2.17. The molecule has 1 amide bonds. The van der Waals surface area contributed by atoms with Crippen molar-refractivity contribution in [2.45, 2.75) is 19.8 Å². The monoisotopic (exact) mass is 261 g/mol. The molecule has 0 aliphatic rings. The molecule has 0 atom stereocenters. The Bertz CT molecular complexity index is 565. The predicted molar refractivity (Wildman–Crippen MR) is 70.4 cm³/mol. The van der Waals surface area contributed by atoms with E-state index in [1.165, 1.54) is 12.1 Å². The van der Waals surface area contributed by atoms with E-state index in [1.807, 2.05) is 6.92 Å². The molecular formula is C14H16FN3O. The Labute approximate surface area is 111 Å². The molecule has 5 heteroatoms. The van der Waals surface area contributed by atoms with Crippen molar-refractivity contribution in [3.8, 4) is 0 Å². The predicted octanol–water partition coefficient (Wildman–Crippen LogP) is 2.22. The van der Waals surface area contributed by atoms with Gasteiger partial charge in [-0.3, -0.25) is 9.89 Å². The molecule has 100 valence electrons. The third kappa shape index (κ3) is 3.40. The fourth-order valence-corrected chi connectivity index (χ4v) is 1.85. The number of halogens is 1. The second kappa shape index (κ2) is 6.13. The summed E-state index contributed by atoms with van der Waals surface area (Å²) in [4.78, 5) is 11.7. The van der Waals surface area contributed by atoms with Crippen molar-refractivity contribution >= 4 is 5.91 Å². The van der Waals surface area contributed by atoms with Gasteiger partial charge in [0.05, 0.1) is 11.8 Å². The van der Waals surface area contributed by atoms with Crippen molar-refractivity contribution in [3.63, 3.8) is 0 Å². The maximum Gasteiger partial charge on any atom is 0.254 e. The molecule has 0 radical (unpaired) electrons. The lowest BCUT2D eigenvalue weighted by molar-refractivity contribution is 0.0949. The molecule has 2 aromatic rings. The highest BCUT2D eigenvalue weighted by molar-refractivity contribution is 5.94. The summed E-state index contributed by atoms with van der Waals surface area (Å²) in [6.07, 6.45) is 3.41. The average Bonchev–Trinajstić information content (AvgIpc) is 2.80. The third-order valence-corrected chi connectivity index (χ3v) is 2.96. The van der Waals surface area contributed by atoms with E-state index in [-0.39, 0.29) is 11.5 Å². The lowest BCUT2D eigenvalue weighted by Gasteiger charge is -2.05. The van der Waals surface area contributed by atoms with Gasteiger partial charge in [-0.25, -0.2) is 4.39 Å². The van der Waals surface area contributed by atoms with Crippen LogP contribution in [0.2, 0.25) is 0 Å². The standard InChI is InChI=1S/C14H16FN3O/c1-10-11(9-17-18-10)5-4-8-16-14(19)12-6-2-3-7-13(12)15/h2-3,6-7,9H,4-5,8H2,1H3,(H,16,19)(H,17,18). The molecule has 0 aliphatic heterocycles.